The highest BCUT2D eigenvalue weighted by atomic mass is 79.9. The molecule has 28 heavy (non-hydrogen) atoms. The molecule has 0 aliphatic carbocycles. The number of hydrogen-bond acceptors (Lipinski definition) is 4. The number of aryl methyl sites for hydroxylation is 1. The fourth-order valence-corrected chi connectivity index (χ4v) is 3.78. The molecule has 2 aromatic carbocycles. The van der Waals surface area contributed by atoms with Crippen molar-refractivity contribution in [3.63, 3.8) is 0 Å². The Morgan fingerprint density at radius 2 is 1.93 bits per heavy atom. The van der Waals surface area contributed by atoms with Crippen molar-refractivity contribution in [1.82, 2.24) is 4.90 Å². The lowest BCUT2D eigenvalue weighted by Gasteiger charge is -2.32. The predicted octanol–water partition coefficient (Wildman–Crippen LogP) is 1.79. The van der Waals surface area contributed by atoms with E-state index in [1.807, 2.05) is 36.1 Å². The summed E-state index contributed by atoms with van der Waals surface area (Å²) in [6.45, 7) is 6.67. The van der Waals surface area contributed by atoms with Crippen molar-refractivity contribution in [3.05, 3.63) is 52.0 Å². The first-order valence-electron chi connectivity index (χ1n) is 9.47. The average molecular weight is 448 g/mol. The fraction of sp³-hybridized carbons (Fsp3) is 0.381. The Kier molecular flexibility index (Phi) is 5.73. The normalized spacial score (nSPS) is 16.3. The molecule has 2 aliphatic heterocycles. The monoisotopic (exact) mass is 447 g/mol. The second kappa shape index (κ2) is 8.41. The van der Waals surface area contributed by atoms with Crippen LogP contribution >= 0.6 is 15.9 Å². The van der Waals surface area contributed by atoms with E-state index in [1.165, 1.54) is 10.5 Å². The summed E-state index contributed by atoms with van der Waals surface area (Å²) in [6, 6.07) is 11.9. The van der Waals surface area contributed by atoms with E-state index in [2.05, 4.69) is 28.1 Å². The van der Waals surface area contributed by atoms with Crippen molar-refractivity contribution in [1.29, 1.82) is 0 Å². The number of ether oxygens (including phenoxy) is 3. The molecule has 2 aliphatic rings. The van der Waals surface area contributed by atoms with Gasteiger partial charge in [-0.3, -0.25) is 4.79 Å². The quantitative estimate of drug-likeness (QED) is 0.758. The molecule has 2 aromatic rings. The highest BCUT2D eigenvalue weighted by Crippen LogP contribution is 2.32. The molecule has 1 N–H and O–H groups in total. The molecular weight excluding hydrogens is 424 g/mol. The number of carbonyl (C=O) groups is 1. The Morgan fingerprint density at radius 3 is 2.71 bits per heavy atom. The number of carbonyl (C=O) groups excluding carboxylic acids is 1. The number of quaternary nitrogens is 1. The smallest absolute Gasteiger partial charge is 0.260 e. The van der Waals surface area contributed by atoms with Gasteiger partial charge in [-0.05, 0) is 48.9 Å². The van der Waals surface area contributed by atoms with Crippen molar-refractivity contribution in [2.24, 2.45) is 0 Å². The Bertz CT molecular complexity index is 865. The van der Waals surface area contributed by atoms with Gasteiger partial charge >= 0.3 is 0 Å². The second-order valence-corrected chi connectivity index (χ2v) is 8.05. The van der Waals surface area contributed by atoms with E-state index in [1.54, 1.807) is 0 Å². The van der Waals surface area contributed by atoms with Crippen LogP contribution in [0.15, 0.2) is 40.9 Å². The van der Waals surface area contributed by atoms with E-state index in [0.29, 0.717) is 6.79 Å². The summed E-state index contributed by atoms with van der Waals surface area (Å²) < 4.78 is 17.5. The zero-order chi connectivity index (χ0) is 19.5. The SMILES string of the molecule is Cc1cc(OCC(=O)N2CC[NH+](Cc3ccc4c(c3)OCO4)CC2)ccc1Br. The van der Waals surface area contributed by atoms with E-state index in [0.717, 1.165) is 60.0 Å². The number of rotatable bonds is 5. The van der Waals surface area contributed by atoms with Crippen molar-refractivity contribution in [2.45, 2.75) is 13.5 Å². The summed E-state index contributed by atoms with van der Waals surface area (Å²) in [5.74, 6) is 2.41. The largest absolute Gasteiger partial charge is 0.484 e. The standard InChI is InChI=1S/C21H23BrN2O4/c1-15-10-17(3-4-18(15)22)26-13-21(25)24-8-6-23(7-9-24)12-16-2-5-19-20(11-16)28-14-27-19/h2-5,10-11H,6-9,12-14H2,1H3/p+1. The van der Waals surface area contributed by atoms with Gasteiger partial charge in [0.2, 0.25) is 6.79 Å². The van der Waals surface area contributed by atoms with Gasteiger partial charge in [0.05, 0.1) is 26.2 Å². The topological polar surface area (TPSA) is 52.4 Å². The maximum absolute atomic E-state index is 12.5. The van der Waals surface area contributed by atoms with Crippen LogP contribution in [0.25, 0.3) is 0 Å². The summed E-state index contributed by atoms with van der Waals surface area (Å²) in [4.78, 5) is 15.8. The summed E-state index contributed by atoms with van der Waals surface area (Å²) in [6.07, 6.45) is 0. The number of nitrogens with one attached hydrogen (secondary N) is 1. The Hall–Kier alpha value is -2.25. The van der Waals surface area contributed by atoms with Crippen molar-refractivity contribution in [2.75, 3.05) is 39.6 Å². The van der Waals surface area contributed by atoms with E-state index in [4.69, 9.17) is 14.2 Å². The van der Waals surface area contributed by atoms with Gasteiger partial charge in [-0.1, -0.05) is 15.9 Å². The van der Waals surface area contributed by atoms with Gasteiger partial charge in [-0.15, -0.1) is 0 Å². The van der Waals surface area contributed by atoms with Crippen LogP contribution in [0, 0.1) is 6.92 Å². The molecule has 6 nitrogen and oxygen atoms in total. The first-order valence-corrected chi connectivity index (χ1v) is 10.3. The molecule has 0 saturated carbocycles. The molecule has 1 fully saturated rings. The van der Waals surface area contributed by atoms with Crippen molar-refractivity contribution in [3.8, 4) is 17.2 Å². The Morgan fingerprint density at radius 1 is 1.14 bits per heavy atom. The fourth-order valence-electron chi connectivity index (χ4n) is 3.53. The van der Waals surface area contributed by atoms with Crippen molar-refractivity contribution < 1.29 is 23.9 Å². The van der Waals surface area contributed by atoms with Gasteiger partial charge in [-0.25, -0.2) is 0 Å². The van der Waals surface area contributed by atoms with Crippen LogP contribution in [0.2, 0.25) is 0 Å². The predicted molar refractivity (Wildman–Crippen MR) is 108 cm³/mol. The molecule has 7 heteroatoms. The van der Waals surface area contributed by atoms with Crippen LogP contribution in [0.5, 0.6) is 17.2 Å². The van der Waals surface area contributed by atoms with Gasteiger partial charge in [0.1, 0.15) is 12.3 Å². The van der Waals surface area contributed by atoms with Gasteiger partial charge in [-0.2, -0.15) is 0 Å². The third kappa shape index (κ3) is 4.42. The maximum Gasteiger partial charge on any atom is 0.260 e. The van der Waals surface area contributed by atoms with E-state index < -0.39 is 0 Å². The van der Waals surface area contributed by atoms with Crippen molar-refractivity contribution >= 4 is 21.8 Å². The molecule has 1 saturated heterocycles. The van der Waals surface area contributed by atoms with Crippen LogP contribution in [0.3, 0.4) is 0 Å². The zero-order valence-corrected chi connectivity index (χ0v) is 17.5. The second-order valence-electron chi connectivity index (χ2n) is 7.19. The third-order valence-corrected chi connectivity index (χ3v) is 6.10. The molecule has 148 valence electrons. The lowest BCUT2D eigenvalue weighted by atomic mass is 10.1. The van der Waals surface area contributed by atoms with Crippen LogP contribution in [0.1, 0.15) is 11.1 Å². The third-order valence-electron chi connectivity index (χ3n) is 5.21. The number of benzene rings is 2. The number of fused-ring (bicyclic) bond motifs is 1. The lowest BCUT2D eigenvalue weighted by Crippen LogP contribution is -3.13. The molecule has 0 radical (unpaired) electrons. The summed E-state index contributed by atoms with van der Waals surface area (Å²) in [5.41, 5.74) is 2.32. The molecule has 0 unspecified atom stereocenters. The van der Waals surface area contributed by atoms with Gasteiger partial charge in [0.15, 0.2) is 18.1 Å². The van der Waals surface area contributed by atoms with Crippen LogP contribution in [0.4, 0.5) is 0 Å². The van der Waals surface area contributed by atoms with E-state index in [9.17, 15) is 4.79 Å². The summed E-state index contributed by atoms with van der Waals surface area (Å²) in [5, 5.41) is 0. The number of nitrogens with zero attached hydrogens (tertiary/aromatic N) is 1. The summed E-state index contributed by atoms with van der Waals surface area (Å²) in [7, 11) is 0. The minimum absolute atomic E-state index is 0.0442. The summed E-state index contributed by atoms with van der Waals surface area (Å²) >= 11 is 3.47. The van der Waals surface area contributed by atoms with Crippen LogP contribution in [-0.2, 0) is 11.3 Å². The van der Waals surface area contributed by atoms with Gasteiger partial charge < -0.3 is 24.0 Å². The first-order chi connectivity index (χ1) is 13.6. The number of amides is 1. The highest BCUT2D eigenvalue weighted by molar-refractivity contribution is 9.10. The van der Waals surface area contributed by atoms with E-state index >= 15 is 0 Å². The minimum Gasteiger partial charge on any atom is -0.484 e. The molecule has 0 atom stereocenters. The number of halogens is 1. The molecule has 0 bridgehead atoms. The maximum atomic E-state index is 12.5. The average Bonchev–Trinajstić information content (AvgIpc) is 3.17. The molecule has 0 aromatic heterocycles. The molecule has 1 amide bonds. The molecule has 2 heterocycles. The van der Waals surface area contributed by atoms with Crippen LogP contribution in [-0.4, -0.2) is 50.4 Å². The Labute approximate surface area is 173 Å². The van der Waals surface area contributed by atoms with Gasteiger partial charge in [0.25, 0.3) is 5.91 Å². The van der Waals surface area contributed by atoms with Gasteiger partial charge in [0, 0.05) is 10.0 Å². The minimum atomic E-state index is 0.0442. The zero-order valence-electron chi connectivity index (χ0n) is 15.9. The molecule has 4 rings (SSSR count). The van der Waals surface area contributed by atoms with Crippen LogP contribution < -0.4 is 19.1 Å². The Balaban J connectivity index is 1.24. The highest BCUT2D eigenvalue weighted by Gasteiger charge is 2.24. The van der Waals surface area contributed by atoms with E-state index in [-0.39, 0.29) is 12.5 Å². The molecular formula is C21H24BrN2O4+. The number of hydrogen-bond donors (Lipinski definition) is 1. The number of piperazine rings is 1. The molecule has 0 spiro atoms. The first kappa shape index (κ1) is 19.1. The lowest BCUT2D eigenvalue weighted by molar-refractivity contribution is -0.917.